The average Bonchev–Trinajstić information content (AvgIpc) is 3.40. The van der Waals surface area contributed by atoms with Gasteiger partial charge >= 0.3 is 17.9 Å². The third-order valence-corrected chi connectivity index (χ3v) is 14.6. The molecule has 0 aliphatic carbocycles. The highest BCUT2D eigenvalue weighted by Gasteiger charge is 2.19. The zero-order valence-electron chi connectivity index (χ0n) is 49.6. The first kappa shape index (κ1) is 71.4. The van der Waals surface area contributed by atoms with Gasteiger partial charge < -0.3 is 14.2 Å². The van der Waals surface area contributed by atoms with Gasteiger partial charge in [-0.1, -0.05) is 294 Å². The van der Waals surface area contributed by atoms with Crippen molar-refractivity contribution in [3.8, 4) is 0 Å². The van der Waals surface area contributed by atoms with E-state index < -0.39 is 6.10 Å². The number of carbonyl (C=O) groups excluding carboxylic acids is 3. The Kier molecular flexibility index (Phi) is 60.7. The van der Waals surface area contributed by atoms with Crippen LogP contribution >= 0.6 is 0 Å². The number of rotatable bonds is 60. The van der Waals surface area contributed by atoms with Gasteiger partial charge in [-0.3, -0.25) is 14.4 Å². The Labute approximate surface area is 460 Å². The van der Waals surface area contributed by atoms with Crippen molar-refractivity contribution in [2.45, 2.75) is 354 Å². The highest BCUT2D eigenvalue weighted by Crippen LogP contribution is 2.17. The fourth-order valence-corrected chi connectivity index (χ4v) is 9.62. The SMILES string of the molecule is CCCCCCC/C=C\C/C=C\CCCCCCCCCCCCCCCCCCCC(=O)OCC(COC(=O)CCCCCCCC)OC(=O)CCCCCCCCCCC/C=C\C/C=C\CCCCCCC. The van der Waals surface area contributed by atoms with E-state index in [9.17, 15) is 14.4 Å². The molecule has 0 aliphatic rings. The molecular weight excluding hydrogens is 913 g/mol. The summed E-state index contributed by atoms with van der Waals surface area (Å²) in [5, 5.41) is 0. The van der Waals surface area contributed by atoms with Gasteiger partial charge in [0.05, 0.1) is 0 Å². The Balaban J connectivity index is 4.02. The van der Waals surface area contributed by atoms with Gasteiger partial charge in [-0.2, -0.15) is 0 Å². The lowest BCUT2D eigenvalue weighted by Gasteiger charge is -2.18. The van der Waals surface area contributed by atoms with Crippen LogP contribution in [0, 0.1) is 0 Å². The Bertz CT molecular complexity index is 1280. The quantitative estimate of drug-likeness (QED) is 0.0261. The van der Waals surface area contributed by atoms with Crippen LogP contribution in [-0.2, 0) is 28.6 Å². The zero-order chi connectivity index (χ0) is 53.6. The predicted molar refractivity (Wildman–Crippen MR) is 321 cm³/mol. The van der Waals surface area contributed by atoms with Crippen molar-refractivity contribution in [2.24, 2.45) is 0 Å². The molecule has 74 heavy (non-hydrogen) atoms. The second-order valence-electron chi connectivity index (χ2n) is 22.0. The highest BCUT2D eigenvalue weighted by atomic mass is 16.6. The van der Waals surface area contributed by atoms with E-state index in [0.717, 1.165) is 70.6 Å². The first-order valence-corrected chi connectivity index (χ1v) is 32.6. The van der Waals surface area contributed by atoms with Crippen molar-refractivity contribution >= 4 is 17.9 Å². The minimum Gasteiger partial charge on any atom is -0.462 e. The van der Waals surface area contributed by atoms with Gasteiger partial charge in [0.2, 0.25) is 0 Å². The van der Waals surface area contributed by atoms with Gasteiger partial charge in [-0.05, 0) is 83.5 Å². The van der Waals surface area contributed by atoms with Crippen LogP contribution in [0.15, 0.2) is 48.6 Å². The van der Waals surface area contributed by atoms with Gasteiger partial charge in [0.25, 0.3) is 0 Å². The molecule has 0 rings (SSSR count). The molecule has 0 aliphatic heterocycles. The zero-order valence-corrected chi connectivity index (χ0v) is 49.6. The Morgan fingerprint density at radius 2 is 0.486 bits per heavy atom. The van der Waals surface area contributed by atoms with Crippen molar-refractivity contribution in [1.29, 1.82) is 0 Å². The number of hydrogen-bond acceptors (Lipinski definition) is 6. The Morgan fingerprint density at radius 1 is 0.270 bits per heavy atom. The molecule has 0 aromatic heterocycles. The Hall–Kier alpha value is -2.63. The molecule has 0 radical (unpaired) electrons. The number of hydrogen-bond donors (Lipinski definition) is 0. The van der Waals surface area contributed by atoms with Crippen LogP contribution in [0.3, 0.4) is 0 Å². The summed E-state index contributed by atoms with van der Waals surface area (Å²) in [7, 11) is 0. The lowest BCUT2D eigenvalue weighted by atomic mass is 10.0. The molecule has 1 unspecified atom stereocenters. The molecule has 0 spiro atoms. The normalized spacial score (nSPS) is 12.3. The Morgan fingerprint density at radius 3 is 0.743 bits per heavy atom. The van der Waals surface area contributed by atoms with E-state index in [1.807, 2.05) is 0 Å². The number of unbranched alkanes of at least 4 members (excludes halogenated alkanes) is 41. The van der Waals surface area contributed by atoms with Crippen molar-refractivity contribution in [2.75, 3.05) is 13.2 Å². The summed E-state index contributed by atoms with van der Waals surface area (Å²) in [6.45, 7) is 6.60. The highest BCUT2D eigenvalue weighted by molar-refractivity contribution is 5.71. The lowest BCUT2D eigenvalue weighted by molar-refractivity contribution is -0.167. The number of allylic oxidation sites excluding steroid dienone is 8. The molecular formula is C68H124O6. The summed E-state index contributed by atoms with van der Waals surface area (Å²) in [4.78, 5) is 38.0. The van der Waals surface area contributed by atoms with Crippen LogP contribution in [0.2, 0.25) is 0 Å². The maximum Gasteiger partial charge on any atom is 0.306 e. The molecule has 6 heteroatoms. The van der Waals surface area contributed by atoms with Crippen molar-refractivity contribution in [1.82, 2.24) is 0 Å². The van der Waals surface area contributed by atoms with E-state index >= 15 is 0 Å². The minimum atomic E-state index is -0.771. The fourth-order valence-electron chi connectivity index (χ4n) is 9.62. The molecule has 0 saturated heterocycles. The van der Waals surface area contributed by atoms with Gasteiger partial charge in [0.15, 0.2) is 6.10 Å². The fraction of sp³-hybridized carbons (Fsp3) is 0.838. The molecule has 432 valence electrons. The van der Waals surface area contributed by atoms with Crippen LogP contribution in [0.5, 0.6) is 0 Å². The molecule has 0 fully saturated rings. The van der Waals surface area contributed by atoms with Gasteiger partial charge in [0, 0.05) is 19.3 Å². The minimum absolute atomic E-state index is 0.0713. The summed E-state index contributed by atoms with van der Waals surface area (Å²) >= 11 is 0. The maximum absolute atomic E-state index is 12.8. The molecule has 6 nitrogen and oxygen atoms in total. The number of esters is 3. The van der Waals surface area contributed by atoms with Crippen LogP contribution in [0.4, 0.5) is 0 Å². The van der Waals surface area contributed by atoms with Crippen molar-refractivity contribution in [3.63, 3.8) is 0 Å². The van der Waals surface area contributed by atoms with Crippen LogP contribution in [0.25, 0.3) is 0 Å². The molecule has 1 atom stereocenters. The molecule has 0 heterocycles. The first-order valence-electron chi connectivity index (χ1n) is 32.6. The summed E-state index contributed by atoms with van der Waals surface area (Å²) in [5.74, 6) is -0.867. The van der Waals surface area contributed by atoms with Crippen LogP contribution in [-0.4, -0.2) is 37.2 Å². The van der Waals surface area contributed by atoms with E-state index in [2.05, 4.69) is 69.4 Å². The number of ether oxygens (including phenoxy) is 3. The van der Waals surface area contributed by atoms with Crippen LogP contribution < -0.4 is 0 Å². The second-order valence-corrected chi connectivity index (χ2v) is 22.0. The molecule has 0 amide bonds. The largest absolute Gasteiger partial charge is 0.462 e. The van der Waals surface area contributed by atoms with E-state index in [1.165, 1.54) is 238 Å². The van der Waals surface area contributed by atoms with E-state index in [1.54, 1.807) is 0 Å². The van der Waals surface area contributed by atoms with Crippen LogP contribution in [0.1, 0.15) is 348 Å². The van der Waals surface area contributed by atoms with Gasteiger partial charge in [0.1, 0.15) is 13.2 Å². The summed E-state index contributed by atoms with van der Waals surface area (Å²) in [6.07, 6.45) is 78.8. The summed E-state index contributed by atoms with van der Waals surface area (Å²) in [6, 6.07) is 0. The smallest absolute Gasteiger partial charge is 0.306 e. The summed E-state index contributed by atoms with van der Waals surface area (Å²) < 4.78 is 16.8. The third-order valence-electron chi connectivity index (χ3n) is 14.6. The van der Waals surface area contributed by atoms with E-state index in [-0.39, 0.29) is 31.1 Å². The maximum atomic E-state index is 12.8. The van der Waals surface area contributed by atoms with E-state index in [0.29, 0.717) is 19.3 Å². The van der Waals surface area contributed by atoms with Crippen molar-refractivity contribution in [3.05, 3.63) is 48.6 Å². The summed E-state index contributed by atoms with van der Waals surface area (Å²) in [5.41, 5.74) is 0. The monoisotopic (exact) mass is 1040 g/mol. The second kappa shape index (κ2) is 62.9. The molecule has 0 aromatic carbocycles. The third kappa shape index (κ3) is 60.2. The molecule has 0 N–H and O–H groups in total. The van der Waals surface area contributed by atoms with E-state index in [4.69, 9.17) is 14.2 Å². The number of carbonyl (C=O) groups is 3. The first-order chi connectivity index (χ1) is 36.5. The standard InChI is InChI=1S/C68H124O6/c1-4-7-10-13-16-18-20-22-24-26-28-30-31-32-33-34-35-36-37-39-40-42-44-46-48-50-52-55-58-61-67(70)73-64-65(63-72-66(69)60-57-54-15-12-9-6-3)74-68(71)62-59-56-53-51-49-47-45-43-41-38-29-27-25-23-21-19-17-14-11-8-5-2/h20-23,26-29,65H,4-19,24-25,30-64H2,1-3H3/b22-20-,23-21-,28-26-,29-27-. The molecule has 0 aromatic rings. The average molecular weight is 1040 g/mol. The van der Waals surface area contributed by atoms with Crippen molar-refractivity contribution < 1.29 is 28.6 Å². The molecule has 0 saturated carbocycles. The molecule has 0 bridgehead atoms. The topological polar surface area (TPSA) is 78.9 Å². The van der Waals surface area contributed by atoms with Gasteiger partial charge in [-0.25, -0.2) is 0 Å². The van der Waals surface area contributed by atoms with Gasteiger partial charge in [-0.15, -0.1) is 0 Å². The predicted octanol–water partition coefficient (Wildman–Crippen LogP) is 22.2. The lowest BCUT2D eigenvalue weighted by Crippen LogP contribution is -2.30.